The van der Waals surface area contributed by atoms with Gasteiger partial charge in [-0.15, -0.1) is 0 Å². The molecule has 0 aliphatic rings. The highest BCUT2D eigenvalue weighted by atomic mass is 16.5. The third kappa shape index (κ3) is 4.83. The molecule has 0 saturated heterocycles. The van der Waals surface area contributed by atoms with E-state index in [9.17, 15) is 4.79 Å². The van der Waals surface area contributed by atoms with E-state index < -0.39 is 0 Å². The predicted molar refractivity (Wildman–Crippen MR) is 98.6 cm³/mol. The number of hydrogen-bond acceptors (Lipinski definition) is 3. The molecule has 1 amide bonds. The van der Waals surface area contributed by atoms with Gasteiger partial charge in [0.2, 0.25) is 5.91 Å². The van der Waals surface area contributed by atoms with Gasteiger partial charge in [0.05, 0.1) is 13.7 Å². The number of ether oxygens (including phenoxy) is 1. The average Bonchev–Trinajstić information content (AvgIpc) is 2.49. The summed E-state index contributed by atoms with van der Waals surface area (Å²) in [6.45, 7) is 7.17. The van der Waals surface area contributed by atoms with Crippen molar-refractivity contribution in [2.75, 3.05) is 26.0 Å². The van der Waals surface area contributed by atoms with Gasteiger partial charge in [-0.3, -0.25) is 9.69 Å². The lowest BCUT2D eigenvalue weighted by atomic mass is 10.1. The van der Waals surface area contributed by atoms with Crippen molar-refractivity contribution in [3.63, 3.8) is 0 Å². The van der Waals surface area contributed by atoms with Crippen molar-refractivity contribution in [2.45, 2.75) is 27.3 Å². The lowest BCUT2D eigenvalue weighted by Crippen LogP contribution is -2.29. The molecule has 0 aliphatic carbocycles. The third-order valence-electron chi connectivity index (χ3n) is 3.93. The molecule has 0 spiro atoms. The van der Waals surface area contributed by atoms with Crippen LogP contribution in [0.25, 0.3) is 0 Å². The summed E-state index contributed by atoms with van der Waals surface area (Å²) in [6.07, 6.45) is 0. The van der Waals surface area contributed by atoms with Crippen LogP contribution in [-0.4, -0.2) is 31.5 Å². The topological polar surface area (TPSA) is 41.6 Å². The summed E-state index contributed by atoms with van der Waals surface area (Å²) in [5.41, 5.74) is 5.41. The minimum Gasteiger partial charge on any atom is -0.496 e. The van der Waals surface area contributed by atoms with Crippen LogP contribution in [0, 0.1) is 20.8 Å². The number of methoxy groups -OCH3 is 1. The van der Waals surface area contributed by atoms with Crippen molar-refractivity contribution in [1.29, 1.82) is 0 Å². The highest BCUT2D eigenvalue weighted by Crippen LogP contribution is 2.24. The highest BCUT2D eigenvalue weighted by Gasteiger charge is 2.10. The summed E-state index contributed by atoms with van der Waals surface area (Å²) in [6, 6.07) is 12.0. The Morgan fingerprint density at radius 2 is 1.67 bits per heavy atom. The molecule has 4 nitrogen and oxygen atoms in total. The van der Waals surface area contributed by atoms with Gasteiger partial charge in [-0.1, -0.05) is 29.8 Å². The maximum absolute atomic E-state index is 12.2. The standard InChI is InChI=1S/C20H26N2O2/c1-14-6-8-18(9-7-14)21-19(23)13-22(4)12-17-10-15(2)20(24-5)16(3)11-17/h6-11H,12-13H2,1-5H3,(H,21,23). The van der Waals surface area contributed by atoms with Gasteiger partial charge >= 0.3 is 0 Å². The summed E-state index contributed by atoms with van der Waals surface area (Å²) < 4.78 is 5.40. The number of carbonyl (C=O) groups is 1. The molecule has 2 rings (SSSR count). The quantitative estimate of drug-likeness (QED) is 0.880. The minimum absolute atomic E-state index is 0.0108. The van der Waals surface area contributed by atoms with Crippen LogP contribution < -0.4 is 10.1 Å². The Balaban J connectivity index is 1.94. The molecule has 0 atom stereocenters. The second-order valence-corrected chi connectivity index (χ2v) is 6.35. The molecular weight excluding hydrogens is 300 g/mol. The summed E-state index contributed by atoms with van der Waals surface area (Å²) in [5, 5.41) is 2.93. The number of nitrogens with one attached hydrogen (secondary N) is 1. The maximum Gasteiger partial charge on any atom is 0.238 e. The van der Waals surface area contributed by atoms with Crippen molar-refractivity contribution in [1.82, 2.24) is 4.90 Å². The van der Waals surface area contributed by atoms with Crippen LogP contribution in [-0.2, 0) is 11.3 Å². The van der Waals surface area contributed by atoms with Crippen molar-refractivity contribution in [3.05, 3.63) is 58.7 Å². The average molecular weight is 326 g/mol. The first-order valence-electron chi connectivity index (χ1n) is 8.08. The monoisotopic (exact) mass is 326 g/mol. The number of hydrogen-bond donors (Lipinski definition) is 1. The van der Waals surface area contributed by atoms with E-state index in [4.69, 9.17) is 4.74 Å². The Morgan fingerprint density at radius 3 is 2.21 bits per heavy atom. The van der Waals surface area contributed by atoms with Gasteiger partial charge in [0.15, 0.2) is 0 Å². The molecular formula is C20H26N2O2. The fourth-order valence-electron chi connectivity index (χ4n) is 2.90. The summed E-state index contributed by atoms with van der Waals surface area (Å²) in [5.74, 6) is 0.918. The SMILES string of the molecule is COc1c(C)cc(CN(C)CC(=O)Nc2ccc(C)cc2)cc1C. The van der Waals surface area contributed by atoms with Crippen LogP contribution in [0.2, 0.25) is 0 Å². The van der Waals surface area contributed by atoms with Gasteiger partial charge in [-0.05, 0) is 56.6 Å². The molecule has 0 fully saturated rings. The van der Waals surface area contributed by atoms with E-state index >= 15 is 0 Å². The van der Waals surface area contributed by atoms with Gasteiger partial charge < -0.3 is 10.1 Å². The van der Waals surface area contributed by atoms with E-state index in [0.29, 0.717) is 13.1 Å². The van der Waals surface area contributed by atoms with Gasteiger partial charge in [-0.2, -0.15) is 0 Å². The molecule has 4 heteroatoms. The Hall–Kier alpha value is -2.33. The normalized spacial score (nSPS) is 10.8. The van der Waals surface area contributed by atoms with Gasteiger partial charge in [0.25, 0.3) is 0 Å². The Kier molecular flexibility index (Phi) is 5.99. The zero-order valence-electron chi connectivity index (χ0n) is 15.1. The molecule has 0 aromatic heterocycles. The summed E-state index contributed by atoms with van der Waals surface area (Å²) in [4.78, 5) is 14.2. The first-order valence-corrected chi connectivity index (χ1v) is 8.08. The van der Waals surface area contributed by atoms with E-state index in [1.807, 2.05) is 57.0 Å². The number of likely N-dealkylation sites (N-methyl/N-ethyl adjacent to an activating group) is 1. The molecule has 24 heavy (non-hydrogen) atoms. The molecule has 2 aromatic rings. The van der Waals surface area contributed by atoms with E-state index in [2.05, 4.69) is 17.4 Å². The summed E-state index contributed by atoms with van der Waals surface area (Å²) >= 11 is 0. The lowest BCUT2D eigenvalue weighted by Gasteiger charge is -2.18. The first-order chi connectivity index (χ1) is 11.4. The number of anilines is 1. The summed E-state index contributed by atoms with van der Waals surface area (Å²) in [7, 11) is 3.64. The van der Waals surface area contributed by atoms with Crippen LogP contribution in [0.4, 0.5) is 5.69 Å². The molecule has 0 unspecified atom stereocenters. The molecule has 0 aliphatic heterocycles. The molecule has 0 heterocycles. The number of carbonyl (C=O) groups excluding carboxylic acids is 1. The van der Waals surface area contributed by atoms with Crippen LogP contribution in [0.15, 0.2) is 36.4 Å². The van der Waals surface area contributed by atoms with Crippen molar-refractivity contribution in [3.8, 4) is 5.75 Å². The highest BCUT2D eigenvalue weighted by molar-refractivity contribution is 5.92. The number of amides is 1. The molecule has 0 radical (unpaired) electrons. The Morgan fingerprint density at radius 1 is 1.08 bits per heavy atom. The first kappa shape index (κ1) is 18.0. The number of nitrogens with zero attached hydrogens (tertiary/aromatic N) is 1. The van der Waals surface area contributed by atoms with Gasteiger partial charge in [0.1, 0.15) is 5.75 Å². The fraction of sp³-hybridized carbons (Fsp3) is 0.350. The maximum atomic E-state index is 12.2. The Bertz CT molecular complexity index is 685. The van der Waals surface area contributed by atoms with Gasteiger partial charge in [-0.25, -0.2) is 0 Å². The second-order valence-electron chi connectivity index (χ2n) is 6.35. The molecule has 0 bridgehead atoms. The smallest absolute Gasteiger partial charge is 0.238 e. The largest absolute Gasteiger partial charge is 0.496 e. The third-order valence-corrected chi connectivity index (χ3v) is 3.93. The molecule has 2 aromatic carbocycles. The van der Waals surface area contributed by atoms with Crippen LogP contribution in [0.1, 0.15) is 22.3 Å². The van der Waals surface area contributed by atoms with Crippen LogP contribution in [0.5, 0.6) is 5.75 Å². The van der Waals surface area contributed by atoms with E-state index in [0.717, 1.165) is 22.6 Å². The second kappa shape index (κ2) is 7.97. The zero-order valence-corrected chi connectivity index (χ0v) is 15.1. The van der Waals surface area contributed by atoms with Crippen LogP contribution >= 0.6 is 0 Å². The van der Waals surface area contributed by atoms with Gasteiger partial charge in [0, 0.05) is 12.2 Å². The molecule has 0 saturated carbocycles. The van der Waals surface area contributed by atoms with E-state index in [1.165, 1.54) is 11.1 Å². The minimum atomic E-state index is -0.0108. The molecule has 1 N–H and O–H groups in total. The van der Waals surface area contributed by atoms with E-state index in [1.54, 1.807) is 7.11 Å². The zero-order chi connectivity index (χ0) is 17.7. The van der Waals surface area contributed by atoms with Crippen LogP contribution in [0.3, 0.4) is 0 Å². The number of aryl methyl sites for hydroxylation is 3. The van der Waals surface area contributed by atoms with Crippen molar-refractivity contribution in [2.24, 2.45) is 0 Å². The Labute approximate surface area is 144 Å². The van der Waals surface area contributed by atoms with E-state index in [-0.39, 0.29) is 5.91 Å². The molecule has 128 valence electrons. The lowest BCUT2D eigenvalue weighted by molar-refractivity contribution is -0.117. The number of benzene rings is 2. The number of rotatable bonds is 6. The fourth-order valence-corrected chi connectivity index (χ4v) is 2.90. The van der Waals surface area contributed by atoms with Crippen molar-refractivity contribution < 1.29 is 9.53 Å². The van der Waals surface area contributed by atoms with Crippen molar-refractivity contribution >= 4 is 11.6 Å². The predicted octanol–water partition coefficient (Wildman–Crippen LogP) is 3.69.